The monoisotopic (exact) mass is 208 g/mol. The SMILES string of the molecule is Cc1cccc(CC(Cl)C2CCC2)c1. The van der Waals surface area contributed by atoms with Crippen LogP contribution in [0.25, 0.3) is 0 Å². The van der Waals surface area contributed by atoms with Crippen molar-refractivity contribution in [1.29, 1.82) is 0 Å². The molecule has 76 valence electrons. The molecule has 0 N–H and O–H groups in total. The standard InChI is InChI=1S/C13H17Cl/c1-10-4-2-5-11(8-10)9-13(14)12-6-3-7-12/h2,4-5,8,12-13H,3,6-7,9H2,1H3. The molecule has 1 heteroatoms. The highest BCUT2D eigenvalue weighted by atomic mass is 35.5. The second kappa shape index (κ2) is 4.35. The van der Waals surface area contributed by atoms with Gasteiger partial charge in [-0.25, -0.2) is 0 Å². The molecule has 1 saturated carbocycles. The summed E-state index contributed by atoms with van der Waals surface area (Å²) in [4.78, 5) is 0. The number of aryl methyl sites for hydroxylation is 1. The van der Waals surface area contributed by atoms with E-state index in [2.05, 4.69) is 31.2 Å². The first-order valence-corrected chi connectivity index (χ1v) is 5.89. The van der Waals surface area contributed by atoms with E-state index in [9.17, 15) is 0 Å². The highest BCUT2D eigenvalue weighted by Crippen LogP contribution is 2.34. The van der Waals surface area contributed by atoms with Crippen LogP contribution in [0.4, 0.5) is 0 Å². The highest BCUT2D eigenvalue weighted by Gasteiger charge is 2.25. The smallest absolute Gasteiger partial charge is 0.0404 e. The fraction of sp³-hybridized carbons (Fsp3) is 0.538. The average molecular weight is 209 g/mol. The second-order valence-electron chi connectivity index (χ2n) is 4.40. The normalized spacial score (nSPS) is 19.0. The van der Waals surface area contributed by atoms with Gasteiger partial charge in [-0.1, -0.05) is 36.2 Å². The highest BCUT2D eigenvalue weighted by molar-refractivity contribution is 6.21. The first-order valence-electron chi connectivity index (χ1n) is 5.45. The molecule has 0 spiro atoms. The summed E-state index contributed by atoms with van der Waals surface area (Å²) >= 11 is 6.37. The fourth-order valence-electron chi connectivity index (χ4n) is 2.03. The lowest BCUT2D eigenvalue weighted by Gasteiger charge is -2.29. The second-order valence-corrected chi connectivity index (χ2v) is 4.96. The third-order valence-electron chi connectivity index (χ3n) is 3.17. The van der Waals surface area contributed by atoms with Gasteiger partial charge in [0.25, 0.3) is 0 Å². The quantitative estimate of drug-likeness (QED) is 0.660. The van der Waals surface area contributed by atoms with E-state index in [-0.39, 0.29) is 0 Å². The number of benzene rings is 1. The van der Waals surface area contributed by atoms with Gasteiger partial charge < -0.3 is 0 Å². The number of hydrogen-bond donors (Lipinski definition) is 0. The number of hydrogen-bond acceptors (Lipinski definition) is 0. The molecule has 1 unspecified atom stereocenters. The Labute approximate surface area is 91.3 Å². The predicted octanol–water partition coefficient (Wildman–Crippen LogP) is 3.95. The van der Waals surface area contributed by atoms with Crippen LogP contribution >= 0.6 is 11.6 Å². The summed E-state index contributed by atoms with van der Waals surface area (Å²) in [5.74, 6) is 0.775. The zero-order valence-corrected chi connectivity index (χ0v) is 9.43. The van der Waals surface area contributed by atoms with Crippen LogP contribution in [0.1, 0.15) is 30.4 Å². The molecule has 0 aromatic heterocycles. The molecule has 0 saturated heterocycles. The van der Waals surface area contributed by atoms with Gasteiger partial charge in [0.15, 0.2) is 0 Å². The Hall–Kier alpha value is -0.490. The minimum absolute atomic E-state index is 0.352. The molecule has 1 aromatic rings. The van der Waals surface area contributed by atoms with Gasteiger partial charge in [-0.15, -0.1) is 11.6 Å². The maximum atomic E-state index is 6.37. The largest absolute Gasteiger partial charge is 0.122 e. The Bertz CT molecular complexity index is 302. The molecular formula is C13H17Cl. The molecule has 0 heterocycles. The molecular weight excluding hydrogens is 192 g/mol. The summed E-state index contributed by atoms with van der Waals surface area (Å²) in [6.45, 7) is 2.14. The summed E-state index contributed by atoms with van der Waals surface area (Å²) in [7, 11) is 0. The molecule has 0 amide bonds. The van der Waals surface area contributed by atoms with Crippen molar-refractivity contribution in [3.8, 4) is 0 Å². The summed E-state index contributed by atoms with van der Waals surface area (Å²) in [6, 6.07) is 8.68. The molecule has 2 rings (SSSR count). The Balaban J connectivity index is 1.95. The Morgan fingerprint density at radius 3 is 2.79 bits per heavy atom. The van der Waals surface area contributed by atoms with Crippen molar-refractivity contribution in [2.24, 2.45) is 5.92 Å². The molecule has 0 nitrogen and oxygen atoms in total. The molecule has 1 aromatic carbocycles. The van der Waals surface area contributed by atoms with Crippen LogP contribution in [0, 0.1) is 12.8 Å². The van der Waals surface area contributed by atoms with Crippen molar-refractivity contribution < 1.29 is 0 Å². The summed E-state index contributed by atoms with van der Waals surface area (Å²) in [5, 5.41) is 0.352. The van der Waals surface area contributed by atoms with Crippen molar-refractivity contribution in [1.82, 2.24) is 0 Å². The lowest BCUT2D eigenvalue weighted by atomic mass is 9.81. The van der Waals surface area contributed by atoms with Crippen LogP contribution in [0.3, 0.4) is 0 Å². The van der Waals surface area contributed by atoms with E-state index >= 15 is 0 Å². The first-order chi connectivity index (χ1) is 6.75. The van der Waals surface area contributed by atoms with E-state index in [1.165, 1.54) is 30.4 Å². The van der Waals surface area contributed by atoms with Gasteiger partial charge in [0.2, 0.25) is 0 Å². The number of halogens is 1. The molecule has 1 fully saturated rings. The molecule has 1 aliphatic rings. The minimum Gasteiger partial charge on any atom is -0.122 e. The molecule has 14 heavy (non-hydrogen) atoms. The van der Waals surface area contributed by atoms with Gasteiger partial charge in [0.05, 0.1) is 0 Å². The third kappa shape index (κ3) is 2.30. The Morgan fingerprint density at radius 2 is 2.21 bits per heavy atom. The van der Waals surface area contributed by atoms with Gasteiger partial charge in [-0.2, -0.15) is 0 Å². The maximum Gasteiger partial charge on any atom is 0.0404 e. The van der Waals surface area contributed by atoms with Crippen molar-refractivity contribution in [2.45, 2.75) is 38.0 Å². The molecule has 1 aliphatic carbocycles. The van der Waals surface area contributed by atoms with Crippen molar-refractivity contribution in [2.75, 3.05) is 0 Å². The Morgan fingerprint density at radius 1 is 1.43 bits per heavy atom. The zero-order valence-electron chi connectivity index (χ0n) is 8.67. The topological polar surface area (TPSA) is 0 Å². The summed E-state index contributed by atoms with van der Waals surface area (Å²) < 4.78 is 0. The van der Waals surface area contributed by atoms with Crippen LogP contribution < -0.4 is 0 Å². The average Bonchev–Trinajstić information content (AvgIpc) is 1.99. The van der Waals surface area contributed by atoms with E-state index < -0.39 is 0 Å². The summed E-state index contributed by atoms with van der Waals surface area (Å²) in [5.41, 5.74) is 2.72. The van der Waals surface area contributed by atoms with E-state index in [0.717, 1.165) is 12.3 Å². The van der Waals surface area contributed by atoms with E-state index in [4.69, 9.17) is 11.6 Å². The number of alkyl halides is 1. The van der Waals surface area contributed by atoms with Gasteiger partial charge in [-0.3, -0.25) is 0 Å². The van der Waals surface area contributed by atoms with Crippen molar-refractivity contribution in [3.05, 3.63) is 35.4 Å². The Kier molecular flexibility index (Phi) is 3.12. The van der Waals surface area contributed by atoms with Crippen LogP contribution in [-0.2, 0) is 6.42 Å². The van der Waals surface area contributed by atoms with Crippen LogP contribution in [0.15, 0.2) is 24.3 Å². The first kappa shape index (κ1) is 10.0. The maximum absolute atomic E-state index is 6.37. The lowest BCUT2D eigenvalue weighted by molar-refractivity contribution is 0.302. The van der Waals surface area contributed by atoms with Crippen molar-refractivity contribution >= 4 is 11.6 Å². The molecule has 1 atom stereocenters. The fourth-order valence-corrected chi connectivity index (χ4v) is 2.46. The molecule has 0 aliphatic heterocycles. The van der Waals surface area contributed by atoms with Crippen LogP contribution in [-0.4, -0.2) is 5.38 Å². The predicted molar refractivity (Wildman–Crippen MR) is 61.9 cm³/mol. The summed E-state index contributed by atoms with van der Waals surface area (Å²) in [6.07, 6.45) is 5.08. The van der Waals surface area contributed by atoms with Gasteiger partial charge >= 0.3 is 0 Å². The minimum atomic E-state index is 0.352. The van der Waals surface area contributed by atoms with Crippen LogP contribution in [0.2, 0.25) is 0 Å². The van der Waals surface area contributed by atoms with Gasteiger partial charge in [-0.05, 0) is 37.7 Å². The zero-order chi connectivity index (χ0) is 9.97. The van der Waals surface area contributed by atoms with Crippen molar-refractivity contribution in [3.63, 3.8) is 0 Å². The van der Waals surface area contributed by atoms with E-state index in [1.54, 1.807) is 0 Å². The van der Waals surface area contributed by atoms with Gasteiger partial charge in [0.1, 0.15) is 0 Å². The third-order valence-corrected chi connectivity index (χ3v) is 3.69. The van der Waals surface area contributed by atoms with Gasteiger partial charge in [0, 0.05) is 5.38 Å². The van der Waals surface area contributed by atoms with Crippen LogP contribution in [0.5, 0.6) is 0 Å². The molecule has 0 bridgehead atoms. The van der Waals surface area contributed by atoms with E-state index in [1.807, 2.05) is 0 Å². The van der Waals surface area contributed by atoms with E-state index in [0.29, 0.717) is 5.38 Å². The molecule has 0 radical (unpaired) electrons. The lowest BCUT2D eigenvalue weighted by Crippen LogP contribution is -2.24. The number of rotatable bonds is 3.